The van der Waals surface area contributed by atoms with Gasteiger partial charge in [-0.15, -0.1) is 0 Å². The molecule has 1 atom stereocenters. The Bertz CT molecular complexity index is 1180. The third kappa shape index (κ3) is 4.14. The SMILES string of the molecule is CCCCCSc1n[n+]2c(c(=O)[nH]1)-c1ccccc1N(C(C)=O)[C@@H]2c1ccc(OC)cc1. The number of ether oxygens (including phenoxy) is 1. The first-order chi connectivity index (χ1) is 15.5. The van der Waals surface area contributed by atoms with Crippen LogP contribution in [0.3, 0.4) is 0 Å². The van der Waals surface area contributed by atoms with Crippen molar-refractivity contribution in [2.24, 2.45) is 0 Å². The first-order valence-electron chi connectivity index (χ1n) is 10.8. The molecule has 1 aliphatic heterocycles. The maximum atomic E-state index is 13.2. The molecule has 2 aromatic carbocycles. The van der Waals surface area contributed by atoms with Gasteiger partial charge in [0.15, 0.2) is 0 Å². The van der Waals surface area contributed by atoms with Gasteiger partial charge in [0, 0.05) is 23.3 Å². The van der Waals surface area contributed by atoms with Crippen LogP contribution < -0.4 is 19.9 Å². The Hall–Kier alpha value is -3.13. The van der Waals surface area contributed by atoms with Crippen LogP contribution in [0.25, 0.3) is 11.3 Å². The molecule has 1 N–H and O–H groups in total. The molecule has 0 bridgehead atoms. The second-order valence-corrected chi connectivity index (χ2v) is 8.74. The number of thioether (sulfide) groups is 1. The first-order valence-corrected chi connectivity index (χ1v) is 11.8. The highest BCUT2D eigenvalue weighted by atomic mass is 32.2. The maximum absolute atomic E-state index is 13.2. The molecule has 32 heavy (non-hydrogen) atoms. The summed E-state index contributed by atoms with van der Waals surface area (Å²) in [4.78, 5) is 30.7. The van der Waals surface area contributed by atoms with Gasteiger partial charge in [-0.2, -0.15) is 0 Å². The molecule has 8 heteroatoms. The van der Waals surface area contributed by atoms with Crippen LogP contribution in [0.2, 0.25) is 0 Å². The smallest absolute Gasteiger partial charge is 0.325 e. The van der Waals surface area contributed by atoms with Crippen LogP contribution in [-0.2, 0) is 4.79 Å². The molecule has 0 unspecified atom stereocenters. The van der Waals surface area contributed by atoms with E-state index >= 15 is 0 Å². The number of amides is 1. The van der Waals surface area contributed by atoms with Gasteiger partial charge < -0.3 is 4.74 Å². The van der Waals surface area contributed by atoms with Crippen molar-refractivity contribution >= 4 is 23.4 Å². The maximum Gasteiger partial charge on any atom is 0.325 e. The summed E-state index contributed by atoms with van der Waals surface area (Å²) >= 11 is 1.53. The molecule has 1 amide bonds. The van der Waals surface area contributed by atoms with Gasteiger partial charge in [-0.05, 0) is 47.5 Å². The number of rotatable bonds is 7. The third-order valence-electron chi connectivity index (χ3n) is 5.50. The number of carbonyl (C=O) groups is 1. The van der Waals surface area contributed by atoms with Gasteiger partial charge in [-0.1, -0.05) is 43.7 Å². The van der Waals surface area contributed by atoms with Crippen LogP contribution in [0, 0.1) is 0 Å². The average molecular weight is 452 g/mol. The number of fused-ring (bicyclic) bond motifs is 3. The van der Waals surface area contributed by atoms with Crippen molar-refractivity contribution in [1.29, 1.82) is 0 Å². The molecule has 0 spiro atoms. The van der Waals surface area contributed by atoms with Crippen LogP contribution >= 0.6 is 11.8 Å². The van der Waals surface area contributed by atoms with Gasteiger partial charge in [-0.3, -0.25) is 14.6 Å². The van der Waals surface area contributed by atoms with Gasteiger partial charge in [0.05, 0.1) is 18.4 Å². The van der Waals surface area contributed by atoms with Gasteiger partial charge in [0.25, 0.3) is 6.17 Å². The van der Waals surface area contributed by atoms with E-state index in [1.165, 1.54) is 18.7 Å². The third-order valence-corrected chi connectivity index (χ3v) is 6.45. The fourth-order valence-electron chi connectivity index (χ4n) is 3.97. The summed E-state index contributed by atoms with van der Waals surface area (Å²) in [6.07, 6.45) is 2.74. The topological polar surface area (TPSA) is 79.2 Å². The largest absolute Gasteiger partial charge is 0.497 e. The molecule has 0 radical (unpaired) electrons. The molecule has 0 aliphatic carbocycles. The molecule has 3 aromatic rings. The normalized spacial score (nSPS) is 14.6. The number of unbranched alkanes of at least 4 members (excludes halogenated alkanes) is 2. The van der Waals surface area contributed by atoms with Crippen LogP contribution in [0.4, 0.5) is 5.69 Å². The number of hydrogen-bond acceptors (Lipinski definition) is 5. The number of carbonyl (C=O) groups excluding carboxylic acids is 1. The lowest BCUT2D eigenvalue weighted by molar-refractivity contribution is -0.763. The molecule has 1 aromatic heterocycles. The Morgan fingerprint density at radius 1 is 1.19 bits per heavy atom. The van der Waals surface area contributed by atoms with E-state index in [1.54, 1.807) is 16.7 Å². The van der Waals surface area contributed by atoms with Crippen molar-refractivity contribution in [3.8, 4) is 17.0 Å². The van der Waals surface area contributed by atoms with Gasteiger partial charge in [0.2, 0.25) is 11.1 Å². The van der Waals surface area contributed by atoms with Crippen LogP contribution in [0.5, 0.6) is 5.75 Å². The molecule has 0 saturated carbocycles. The first kappa shape index (κ1) is 22.1. The van der Waals surface area contributed by atoms with E-state index in [0.717, 1.165) is 36.3 Å². The summed E-state index contributed by atoms with van der Waals surface area (Å²) in [6.45, 7) is 3.69. The lowest BCUT2D eigenvalue weighted by Crippen LogP contribution is -2.60. The van der Waals surface area contributed by atoms with Crippen molar-refractivity contribution in [2.45, 2.75) is 44.4 Å². The van der Waals surface area contributed by atoms with E-state index < -0.39 is 6.17 Å². The van der Waals surface area contributed by atoms with Gasteiger partial charge in [-0.25, -0.2) is 4.90 Å². The van der Waals surface area contributed by atoms with E-state index in [-0.39, 0.29) is 11.5 Å². The van der Waals surface area contributed by atoms with E-state index in [9.17, 15) is 9.59 Å². The Morgan fingerprint density at radius 3 is 2.62 bits per heavy atom. The number of nitrogens with one attached hydrogen (secondary N) is 1. The zero-order valence-corrected chi connectivity index (χ0v) is 19.3. The zero-order valence-electron chi connectivity index (χ0n) is 18.5. The summed E-state index contributed by atoms with van der Waals surface area (Å²) in [5.74, 6) is 1.46. The lowest BCUT2D eigenvalue weighted by Gasteiger charge is -2.31. The number of benzene rings is 2. The number of methoxy groups -OCH3 is 1. The average Bonchev–Trinajstić information content (AvgIpc) is 2.80. The quantitative estimate of drug-likeness (QED) is 0.335. The van der Waals surface area contributed by atoms with Crippen molar-refractivity contribution in [2.75, 3.05) is 17.8 Å². The number of H-pyrrole nitrogens is 1. The summed E-state index contributed by atoms with van der Waals surface area (Å²) < 4.78 is 6.98. The second kappa shape index (κ2) is 9.56. The molecule has 1 aliphatic rings. The predicted octanol–water partition coefficient (Wildman–Crippen LogP) is 3.93. The lowest BCUT2D eigenvalue weighted by atomic mass is 10.0. The molecule has 166 valence electrons. The Kier molecular flexibility index (Phi) is 6.60. The zero-order chi connectivity index (χ0) is 22.7. The van der Waals surface area contributed by atoms with E-state index in [0.29, 0.717) is 22.1 Å². The number of hydrogen-bond donors (Lipinski definition) is 1. The minimum atomic E-state index is -0.583. The Morgan fingerprint density at radius 2 is 1.94 bits per heavy atom. The highest BCUT2D eigenvalue weighted by Crippen LogP contribution is 2.37. The minimum absolute atomic E-state index is 0.129. The molecule has 7 nitrogen and oxygen atoms in total. The van der Waals surface area contributed by atoms with Gasteiger partial charge in [0.1, 0.15) is 5.75 Å². The number of aromatic nitrogens is 3. The minimum Gasteiger partial charge on any atom is -0.497 e. The summed E-state index contributed by atoms with van der Waals surface area (Å²) in [6, 6.07) is 15.0. The van der Waals surface area contributed by atoms with Crippen molar-refractivity contribution in [3.05, 3.63) is 64.4 Å². The van der Waals surface area contributed by atoms with E-state index in [1.807, 2.05) is 48.5 Å². The number of para-hydroxylation sites is 1. The van der Waals surface area contributed by atoms with Crippen molar-refractivity contribution in [3.63, 3.8) is 0 Å². The fourth-order valence-corrected chi connectivity index (χ4v) is 4.83. The Labute approximate surface area is 191 Å². The fraction of sp³-hybridized carbons (Fsp3) is 0.333. The molecule has 0 fully saturated rings. The van der Waals surface area contributed by atoms with E-state index in [2.05, 4.69) is 11.9 Å². The number of nitrogens with zero attached hydrogens (tertiary/aromatic N) is 3. The van der Waals surface area contributed by atoms with E-state index in [4.69, 9.17) is 9.84 Å². The van der Waals surface area contributed by atoms with Gasteiger partial charge >= 0.3 is 11.3 Å². The molecular weight excluding hydrogens is 424 g/mol. The summed E-state index contributed by atoms with van der Waals surface area (Å²) in [5, 5.41) is 5.35. The Balaban J connectivity index is 1.89. The van der Waals surface area contributed by atoms with Crippen molar-refractivity contribution in [1.82, 2.24) is 10.1 Å². The summed E-state index contributed by atoms with van der Waals surface area (Å²) in [7, 11) is 1.61. The second-order valence-electron chi connectivity index (χ2n) is 7.66. The van der Waals surface area contributed by atoms with Crippen LogP contribution in [0.1, 0.15) is 44.8 Å². The molecule has 4 rings (SSSR count). The van der Waals surface area contributed by atoms with Crippen molar-refractivity contribution < 1.29 is 14.2 Å². The van der Waals surface area contributed by atoms with Crippen LogP contribution in [0.15, 0.2) is 58.5 Å². The molecule has 0 saturated heterocycles. The number of aromatic amines is 1. The highest BCUT2D eigenvalue weighted by Gasteiger charge is 2.44. The molecular formula is C24H27N4O3S+. The number of anilines is 1. The molecule has 2 heterocycles. The van der Waals surface area contributed by atoms with Crippen LogP contribution in [-0.4, -0.2) is 28.9 Å². The highest BCUT2D eigenvalue weighted by molar-refractivity contribution is 7.99. The monoisotopic (exact) mass is 451 g/mol. The standard InChI is InChI=1S/C24H26N4O3S/c1-4-5-8-15-32-24-25-22(30)21-19-9-6-7-10-20(19)27(16(2)29)23(28(21)26-24)17-11-13-18(31-3)14-12-17/h6-7,9-14,23H,4-5,8,15H2,1-3H3/p+1/t23-/m0/s1. The summed E-state index contributed by atoms with van der Waals surface area (Å²) in [5.41, 5.74) is 2.44. The predicted molar refractivity (Wildman–Crippen MR) is 125 cm³/mol.